The Balaban J connectivity index is 1.58. The summed E-state index contributed by atoms with van der Waals surface area (Å²) >= 11 is 2.59. The van der Waals surface area contributed by atoms with Crippen molar-refractivity contribution in [3.8, 4) is 10.6 Å². The van der Waals surface area contributed by atoms with Crippen LogP contribution in [0.4, 0.5) is 5.00 Å². The zero-order valence-corrected chi connectivity index (χ0v) is 17.5. The number of carbonyl (C=O) groups is 1. The van der Waals surface area contributed by atoms with E-state index in [-0.39, 0.29) is 16.7 Å². The molecule has 1 aliphatic heterocycles. The fourth-order valence-electron chi connectivity index (χ4n) is 2.99. The Morgan fingerprint density at radius 2 is 2.00 bits per heavy atom. The number of aromatic nitrogens is 1. The van der Waals surface area contributed by atoms with E-state index in [0.717, 1.165) is 16.0 Å². The van der Waals surface area contributed by atoms with Crippen molar-refractivity contribution in [2.45, 2.75) is 24.2 Å². The third kappa shape index (κ3) is 3.42. The van der Waals surface area contributed by atoms with Crippen LogP contribution in [0, 0.1) is 6.92 Å². The van der Waals surface area contributed by atoms with Crippen LogP contribution in [-0.2, 0) is 27.9 Å². The van der Waals surface area contributed by atoms with Crippen LogP contribution < -0.4 is 5.32 Å². The van der Waals surface area contributed by atoms with Crippen LogP contribution in [0.15, 0.2) is 53.3 Å². The molecular weight excluding hydrogens is 414 g/mol. The highest BCUT2D eigenvalue weighted by Gasteiger charge is 2.35. The van der Waals surface area contributed by atoms with Crippen molar-refractivity contribution >= 4 is 43.6 Å². The molecule has 0 bridgehead atoms. The number of aryl methyl sites for hydroxylation is 1. The fraction of sp³-hybridized carbons (Fsp3) is 0.158. The quantitative estimate of drug-likeness (QED) is 0.619. The van der Waals surface area contributed by atoms with Crippen molar-refractivity contribution < 1.29 is 13.2 Å². The molecule has 0 fully saturated rings. The highest BCUT2D eigenvalue weighted by molar-refractivity contribution is 7.91. The predicted octanol–water partition coefficient (Wildman–Crippen LogP) is 4.01. The molecule has 0 saturated carbocycles. The van der Waals surface area contributed by atoms with Crippen LogP contribution in [0.5, 0.6) is 0 Å². The summed E-state index contributed by atoms with van der Waals surface area (Å²) in [6.07, 6.45) is 1.21. The van der Waals surface area contributed by atoms with Crippen molar-refractivity contribution in [1.29, 1.82) is 0 Å². The lowest BCUT2D eigenvalue weighted by Gasteiger charge is -2.14. The maximum atomic E-state index is 13.2. The van der Waals surface area contributed by atoms with Crippen LogP contribution in [0.2, 0.25) is 0 Å². The van der Waals surface area contributed by atoms with Crippen molar-refractivity contribution in [3.05, 3.63) is 65.2 Å². The molecule has 4 rings (SSSR count). The molecule has 0 unspecified atom stereocenters. The van der Waals surface area contributed by atoms with Gasteiger partial charge in [-0.25, -0.2) is 13.4 Å². The monoisotopic (exact) mass is 431 g/mol. The Labute approximate surface area is 171 Å². The Bertz CT molecular complexity index is 1140. The van der Waals surface area contributed by atoms with Crippen LogP contribution in [0.3, 0.4) is 0 Å². The second kappa shape index (κ2) is 7.25. The van der Waals surface area contributed by atoms with Gasteiger partial charge in [0, 0.05) is 23.5 Å². The SMILES string of the molecule is C=CC(=O)Nc1cc2c(s1)CN(S(=O)(=O)c1sc(-c3ccccc3)nc1C)C2. The average molecular weight is 432 g/mol. The first-order chi connectivity index (χ1) is 13.4. The smallest absolute Gasteiger partial charge is 0.255 e. The molecule has 1 aromatic carbocycles. The van der Waals surface area contributed by atoms with E-state index in [1.807, 2.05) is 36.4 Å². The summed E-state index contributed by atoms with van der Waals surface area (Å²) in [4.78, 5) is 16.8. The fourth-order valence-corrected chi connectivity index (χ4v) is 7.20. The van der Waals surface area contributed by atoms with Gasteiger partial charge in [-0.1, -0.05) is 36.9 Å². The van der Waals surface area contributed by atoms with E-state index in [4.69, 9.17) is 0 Å². The van der Waals surface area contributed by atoms with Gasteiger partial charge in [-0.15, -0.1) is 22.7 Å². The number of hydrogen-bond acceptors (Lipinski definition) is 6. The molecule has 6 nitrogen and oxygen atoms in total. The highest BCUT2D eigenvalue weighted by atomic mass is 32.2. The standard InChI is InChI=1S/C19H17N3O3S3/c1-3-16(23)21-17-9-14-10-22(11-15(14)26-17)28(24,25)19-12(2)20-18(27-19)13-7-5-4-6-8-13/h3-9H,1,10-11H2,2H3,(H,21,23). The lowest BCUT2D eigenvalue weighted by molar-refractivity contribution is -0.111. The largest absolute Gasteiger partial charge is 0.314 e. The van der Waals surface area contributed by atoms with Gasteiger partial charge in [-0.05, 0) is 24.6 Å². The summed E-state index contributed by atoms with van der Waals surface area (Å²) in [6.45, 7) is 5.74. The normalized spacial score (nSPS) is 14.0. The molecule has 9 heteroatoms. The minimum absolute atomic E-state index is 0.279. The van der Waals surface area contributed by atoms with Crippen LogP contribution in [0.25, 0.3) is 10.6 Å². The number of carbonyl (C=O) groups excluding carboxylic acids is 1. The number of rotatable bonds is 5. The Hall–Kier alpha value is -2.33. The number of fused-ring (bicyclic) bond motifs is 1. The van der Waals surface area contributed by atoms with Crippen LogP contribution in [0.1, 0.15) is 16.1 Å². The van der Waals surface area contributed by atoms with Crippen molar-refractivity contribution in [3.63, 3.8) is 0 Å². The first-order valence-electron chi connectivity index (χ1n) is 8.46. The van der Waals surface area contributed by atoms with Crippen molar-refractivity contribution in [2.75, 3.05) is 5.32 Å². The third-order valence-electron chi connectivity index (χ3n) is 4.34. The first-order valence-corrected chi connectivity index (χ1v) is 11.5. The summed E-state index contributed by atoms with van der Waals surface area (Å²) < 4.78 is 28.1. The molecule has 28 heavy (non-hydrogen) atoms. The molecule has 1 aliphatic rings. The molecule has 0 atom stereocenters. The Morgan fingerprint density at radius 1 is 1.25 bits per heavy atom. The Kier molecular flexibility index (Phi) is 4.92. The topological polar surface area (TPSA) is 79.4 Å². The summed E-state index contributed by atoms with van der Waals surface area (Å²) in [7, 11) is -3.64. The van der Waals surface area contributed by atoms with Gasteiger partial charge in [0.2, 0.25) is 5.91 Å². The number of benzene rings is 1. The minimum atomic E-state index is -3.64. The van der Waals surface area contributed by atoms with E-state index in [1.54, 1.807) is 6.92 Å². The number of amides is 1. The van der Waals surface area contributed by atoms with Gasteiger partial charge in [0.05, 0.1) is 10.7 Å². The van der Waals surface area contributed by atoms with Gasteiger partial charge in [0.1, 0.15) is 5.01 Å². The zero-order chi connectivity index (χ0) is 19.9. The number of thiophene rings is 1. The van der Waals surface area contributed by atoms with E-state index in [1.165, 1.54) is 33.1 Å². The van der Waals surface area contributed by atoms with E-state index < -0.39 is 10.0 Å². The van der Waals surface area contributed by atoms with E-state index in [0.29, 0.717) is 22.2 Å². The van der Waals surface area contributed by atoms with Gasteiger partial charge < -0.3 is 5.32 Å². The number of nitrogens with one attached hydrogen (secondary N) is 1. The van der Waals surface area contributed by atoms with Crippen LogP contribution >= 0.6 is 22.7 Å². The first kappa shape index (κ1) is 19.0. The molecule has 144 valence electrons. The second-order valence-corrected chi connectivity index (χ2v) is 10.6. The van der Waals surface area contributed by atoms with Crippen LogP contribution in [-0.4, -0.2) is 23.6 Å². The molecule has 0 saturated heterocycles. The van der Waals surface area contributed by atoms with E-state index >= 15 is 0 Å². The number of thiazole rings is 1. The summed E-state index contributed by atoms with van der Waals surface area (Å²) in [5.41, 5.74) is 2.33. The maximum Gasteiger partial charge on any atom is 0.255 e. The number of anilines is 1. The van der Waals surface area contributed by atoms with Gasteiger partial charge in [-0.3, -0.25) is 4.79 Å². The molecule has 1 amide bonds. The van der Waals surface area contributed by atoms with Gasteiger partial charge in [-0.2, -0.15) is 4.31 Å². The van der Waals surface area contributed by atoms with E-state index in [9.17, 15) is 13.2 Å². The predicted molar refractivity (Wildman–Crippen MR) is 112 cm³/mol. The number of hydrogen-bond donors (Lipinski definition) is 1. The summed E-state index contributed by atoms with van der Waals surface area (Å²) in [5, 5.41) is 4.12. The number of nitrogens with zero attached hydrogens (tertiary/aromatic N) is 2. The minimum Gasteiger partial charge on any atom is -0.314 e. The second-order valence-electron chi connectivity index (χ2n) is 6.28. The van der Waals surface area contributed by atoms with E-state index in [2.05, 4.69) is 16.9 Å². The molecule has 0 aliphatic carbocycles. The zero-order valence-electron chi connectivity index (χ0n) is 15.0. The molecule has 2 aromatic heterocycles. The van der Waals surface area contributed by atoms with Gasteiger partial charge >= 0.3 is 0 Å². The molecule has 0 radical (unpaired) electrons. The average Bonchev–Trinajstić information content (AvgIpc) is 3.35. The third-order valence-corrected chi connectivity index (χ3v) is 9.01. The number of sulfonamides is 1. The van der Waals surface area contributed by atoms with Gasteiger partial charge in [0.25, 0.3) is 10.0 Å². The molecule has 3 aromatic rings. The van der Waals surface area contributed by atoms with Gasteiger partial charge in [0.15, 0.2) is 4.21 Å². The Morgan fingerprint density at radius 3 is 2.68 bits per heavy atom. The molecule has 1 N–H and O–H groups in total. The lowest BCUT2D eigenvalue weighted by Crippen LogP contribution is -2.25. The summed E-state index contributed by atoms with van der Waals surface area (Å²) in [6, 6.07) is 11.4. The highest BCUT2D eigenvalue weighted by Crippen LogP contribution is 2.39. The maximum absolute atomic E-state index is 13.2. The molecule has 3 heterocycles. The summed E-state index contributed by atoms with van der Waals surface area (Å²) in [5.74, 6) is -0.280. The van der Waals surface area contributed by atoms with Crippen molar-refractivity contribution in [1.82, 2.24) is 9.29 Å². The molecular formula is C19H17N3O3S3. The van der Waals surface area contributed by atoms with Crippen molar-refractivity contribution in [2.24, 2.45) is 0 Å². The molecule has 0 spiro atoms. The lowest BCUT2D eigenvalue weighted by atomic mass is 10.2.